The zero-order chi connectivity index (χ0) is 11.7. The highest BCUT2D eigenvalue weighted by Gasteiger charge is 2.30. The lowest BCUT2D eigenvalue weighted by molar-refractivity contribution is -0.394. The lowest BCUT2D eigenvalue weighted by Crippen LogP contribution is -2.02. The fourth-order valence-electron chi connectivity index (χ4n) is 1.04. The van der Waals surface area contributed by atoms with Crippen LogP contribution in [-0.4, -0.2) is 35.0 Å². The molecule has 0 fully saturated rings. The van der Waals surface area contributed by atoms with Crippen molar-refractivity contribution in [2.75, 3.05) is 0 Å². The normalized spacial score (nSPS) is 10.2. The highest BCUT2D eigenvalue weighted by molar-refractivity contribution is 5.37. The molecule has 0 unspecified atom stereocenters. The first-order valence-electron chi connectivity index (χ1n) is 3.84. The Morgan fingerprint density at radius 2 is 2.06 bits per heavy atom. The van der Waals surface area contributed by atoms with Gasteiger partial charge < -0.3 is 20.2 Å². The second-order valence-electron chi connectivity index (χ2n) is 2.61. The van der Waals surface area contributed by atoms with Crippen molar-refractivity contribution < 1.29 is 9.85 Å². The molecule has 2 aromatic rings. The molecule has 0 bridgehead atoms. The summed E-state index contributed by atoms with van der Waals surface area (Å²) in [6.07, 6.45) is 1.16. The molecule has 0 spiro atoms. The van der Waals surface area contributed by atoms with Gasteiger partial charge in [0.15, 0.2) is 5.10 Å². The quantitative estimate of drug-likeness (QED) is 0.562. The molecule has 0 saturated heterocycles. The van der Waals surface area contributed by atoms with E-state index in [1.54, 1.807) is 0 Å². The molecular weight excluding hydrogens is 222 g/mol. The molecule has 0 aliphatic carbocycles. The SMILES string of the molecule is O=[N+]([O-])c1cc([N+](=O)[O-])n(-c2cn[nH]n2)n1. The van der Waals surface area contributed by atoms with Crippen molar-refractivity contribution >= 4 is 11.6 Å². The summed E-state index contributed by atoms with van der Waals surface area (Å²) in [5, 5.41) is 33.6. The first-order valence-corrected chi connectivity index (χ1v) is 3.84. The van der Waals surface area contributed by atoms with E-state index in [9.17, 15) is 20.2 Å². The molecule has 82 valence electrons. The minimum atomic E-state index is -0.830. The van der Waals surface area contributed by atoms with Gasteiger partial charge in [0.25, 0.3) is 0 Å². The van der Waals surface area contributed by atoms with E-state index < -0.39 is 21.5 Å². The maximum Gasteiger partial charge on any atom is 0.420 e. The number of rotatable bonds is 3. The lowest BCUT2D eigenvalue weighted by atomic mass is 10.6. The van der Waals surface area contributed by atoms with E-state index >= 15 is 0 Å². The lowest BCUT2D eigenvalue weighted by Gasteiger charge is -1.88. The summed E-state index contributed by atoms with van der Waals surface area (Å²) < 4.78 is 0.724. The Hall–Kier alpha value is -2.85. The predicted octanol–water partition coefficient (Wildman–Crippen LogP) is -0.193. The topological polar surface area (TPSA) is 146 Å². The van der Waals surface area contributed by atoms with E-state index in [0.29, 0.717) is 0 Å². The van der Waals surface area contributed by atoms with Crippen molar-refractivity contribution in [2.24, 2.45) is 0 Å². The van der Waals surface area contributed by atoms with Gasteiger partial charge >= 0.3 is 17.5 Å². The number of nitrogens with one attached hydrogen (secondary N) is 1. The van der Waals surface area contributed by atoms with E-state index in [1.807, 2.05) is 0 Å². The highest BCUT2D eigenvalue weighted by atomic mass is 16.6. The zero-order valence-electron chi connectivity index (χ0n) is 7.47. The van der Waals surface area contributed by atoms with Gasteiger partial charge in [-0.15, -0.1) is 5.10 Å². The van der Waals surface area contributed by atoms with Crippen molar-refractivity contribution in [3.63, 3.8) is 0 Å². The number of aromatic nitrogens is 5. The van der Waals surface area contributed by atoms with Gasteiger partial charge in [-0.25, -0.2) is 0 Å². The van der Waals surface area contributed by atoms with Gasteiger partial charge in [-0.2, -0.15) is 10.3 Å². The molecule has 0 aromatic carbocycles. The highest BCUT2D eigenvalue weighted by Crippen LogP contribution is 2.21. The molecule has 2 rings (SSSR count). The summed E-state index contributed by atoms with van der Waals surface area (Å²) in [4.78, 5) is 19.4. The van der Waals surface area contributed by atoms with Crippen LogP contribution in [0.25, 0.3) is 5.82 Å². The third-order valence-electron chi connectivity index (χ3n) is 1.67. The fraction of sp³-hybridized carbons (Fsp3) is 0. The number of aromatic amines is 1. The summed E-state index contributed by atoms with van der Waals surface area (Å²) in [7, 11) is 0. The van der Waals surface area contributed by atoms with E-state index in [-0.39, 0.29) is 5.82 Å². The number of H-pyrrole nitrogens is 1. The van der Waals surface area contributed by atoms with Crippen LogP contribution in [0.1, 0.15) is 0 Å². The van der Waals surface area contributed by atoms with Crippen LogP contribution >= 0.6 is 0 Å². The third kappa shape index (κ3) is 1.45. The van der Waals surface area contributed by atoms with Crippen LogP contribution in [0.4, 0.5) is 11.6 Å². The molecule has 1 N–H and O–H groups in total. The molecule has 11 nitrogen and oxygen atoms in total. The van der Waals surface area contributed by atoms with Crippen molar-refractivity contribution in [3.05, 3.63) is 32.5 Å². The number of hydrogen-bond acceptors (Lipinski definition) is 7. The van der Waals surface area contributed by atoms with Crippen LogP contribution < -0.4 is 0 Å². The first-order chi connectivity index (χ1) is 7.59. The van der Waals surface area contributed by atoms with Gasteiger partial charge in [0.05, 0.1) is 0 Å². The van der Waals surface area contributed by atoms with Gasteiger partial charge in [0, 0.05) is 4.68 Å². The van der Waals surface area contributed by atoms with Gasteiger partial charge in [-0.05, 0) is 9.85 Å². The van der Waals surface area contributed by atoms with Crippen LogP contribution in [0, 0.1) is 20.2 Å². The van der Waals surface area contributed by atoms with E-state index in [2.05, 4.69) is 20.5 Å². The maximum atomic E-state index is 10.6. The second-order valence-corrected chi connectivity index (χ2v) is 2.61. The standard InChI is InChI=1S/C5H3N7O4/c13-11(14)3-1-5(12(15)16)10(8-3)4-2-6-9-7-4/h1-2H,(H,6,7,9). The Bertz CT molecular complexity index is 543. The fourth-order valence-corrected chi connectivity index (χ4v) is 1.04. The average Bonchev–Trinajstić information content (AvgIpc) is 2.86. The smallest absolute Gasteiger partial charge is 0.358 e. The van der Waals surface area contributed by atoms with Crippen LogP contribution in [-0.2, 0) is 0 Å². The average molecular weight is 225 g/mol. The maximum absolute atomic E-state index is 10.6. The number of hydrogen-bond donors (Lipinski definition) is 1. The first kappa shape index (κ1) is 9.70. The summed E-state index contributed by atoms with van der Waals surface area (Å²) in [6, 6.07) is 0.745. The molecule has 0 atom stereocenters. The largest absolute Gasteiger partial charge is 0.420 e. The molecule has 2 heterocycles. The predicted molar refractivity (Wildman–Crippen MR) is 46.8 cm³/mol. The van der Waals surface area contributed by atoms with E-state index in [4.69, 9.17) is 0 Å². The van der Waals surface area contributed by atoms with Crippen molar-refractivity contribution in [1.82, 2.24) is 25.2 Å². The summed E-state index contributed by atoms with van der Waals surface area (Å²) in [5.41, 5.74) is 0. The number of nitrogens with zero attached hydrogens (tertiary/aromatic N) is 6. The Balaban J connectivity index is 2.59. The molecule has 11 heteroatoms. The molecule has 16 heavy (non-hydrogen) atoms. The monoisotopic (exact) mass is 225 g/mol. The Morgan fingerprint density at radius 1 is 1.31 bits per heavy atom. The molecule has 0 radical (unpaired) electrons. The van der Waals surface area contributed by atoms with Crippen LogP contribution in [0.5, 0.6) is 0 Å². The van der Waals surface area contributed by atoms with Crippen LogP contribution in [0.3, 0.4) is 0 Å². The van der Waals surface area contributed by atoms with Crippen molar-refractivity contribution in [2.45, 2.75) is 0 Å². The Morgan fingerprint density at radius 3 is 2.56 bits per heavy atom. The van der Waals surface area contributed by atoms with Crippen molar-refractivity contribution in [3.8, 4) is 5.82 Å². The molecule has 0 saturated carbocycles. The van der Waals surface area contributed by atoms with Gasteiger partial charge in [-0.3, -0.25) is 0 Å². The Labute approximate surface area is 86.0 Å². The molecule has 0 amide bonds. The van der Waals surface area contributed by atoms with E-state index in [1.165, 1.54) is 0 Å². The second kappa shape index (κ2) is 3.38. The molecule has 0 aliphatic rings. The van der Waals surface area contributed by atoms with Gasteiger partial charge in [-0.1, -0.05) is 0 Å². The summed E-state index contributed by atoms with van der Waals surface area (Å²) in [5.74, 6) is -1.19. The third-order valence-corrected chi connectivity index (χ3v) is 1.67. The minimum Gasteiger partial charge on any atom is -0.358 e. The Kier molecular flexibility index (Phi) is 2.05. The van der Waals surface area contributed by atoms with Gasteiger partial charge in [0.1, 0.15) is 12.3 Å². The van der Waals surface area contributed by atoms with Gasteiger partial charge in [0.2, 0.25) is 0 Å². The van der Waals surface area contributed by atoms with Crippen molar-refractivity contribution in [1.29, 1.82) is 0 Å². The molecule has 2 aromatic heterocycles. The minimum absolute atomic E-state index is 0.000185. The number of nitro groups is 2. The van der Waals surface area contributed by atoms with Crippen LogP contribution in [0.15, 0.2) is 12.3 Å². The van der Waals surface area contributed by atoms with E-state index in [0.717, 1.165) is 16.9 Å². The zero-order valence-corrected chi connectivity index (χ0v) is 7.47. The van der Waals surface area contributed by atoms with Crippen LogP contribution in [0.2, 0.25) is 0 Å². The summed E-state index contributed by atoms with van der Waals surface area (Å²) >= 11 is 0. The molecule has 0 aliphatic heterocycles. The molecular formula is C5H3N7O4. The summed E-state index contributed by atoms with van der Waals surface area (Å²) in [6.45, 7) is 0.